The first-order valence-corrected chi connectivity index (χ1v) is 25.5. The van der Waals surface area contributed by atoms with Crippen LogP contribution in [0.15, 0.2) is 255 Å². The first-order chi connectivity index (χ1) is 38.5. The SMILES string of the molecule is O=C(Oc1ccc(OC(=O)c2cc(OCc3ccccc3)c(OCc3ccccc3)c(OCc3ccccc3)c2)c(-c2ccccc2)c1)c1cc(OCc2ccccc2)c(OCc2ccccc2)c(OCc2ccccc2)c1. The number of hydrogen-bond acceptors (Lipinski definition) is 10. The maximum Gasteiger partial charge on any atom is 0.343 e. The van der Waals surface area contributed by atoms with Crippen molar-refractivity contribution in [2.75, 3.05) is 0 Å². The van der Waals surface area contributed by atoms with Gasteiger partial charge in [0.1, 0.15) is 51.1 Å². The molecule has 0 unspecified atom stereocenters. The Morgan fingerprint density at radius 2 is 0.551 bits per heavy atom. The second kappa shape index (κ2) is 25.9. The van der Waals surface area contributed by atoms with E-state index in [9.17, 15) is 9.59 Å². The summed E-state index contributed by atoms with van der Waals surface area (Å²) in [5.74, 6) is 0.833. The molecular formula is C68H54O10. The van der Waals surface area contributed by atoms with Gasteiger partial charge < -0.3 is 37.9 Å². The fourth-order valence-corrected chi connectivity index (χ4v) is 8.33. The predicted octanol–water partition coefficient (Wildman–Crippen LogP) is 15.3. The number of carbonyl (C=O) groups is 2. The Kier molecular flexibility index (Phi) is 17.1. The zero-order valence-electron chi connectivity index (χ0n) is 42.6. The summed E-state index contributed by atoms with van der Waals surface area (Å²) in [6.07, 6.45) is 0. The van der Waals surface area contributed by atoms with Crippen molar-refractivity contribution >= 4 is 11.9 Å². The van der Waals surface area contributed by atoms with E-state index in [0.29, 0.717) is 22.6 Å². The summed E-state index contributed by atoms with van der Waals surface area (Å²) >= 11 is 0. The lowest BCUT2D eigenvalue weighted by Crippen LogP contribution is -2.12. The van der Waals surface area contributed by atoms with Crippen molar-refractivity contribution in [3.63, 3.8) is 0 Å². The van der Waals surface area contributed by atoms with Crippen LogP contribution < -0.4 is 37.9 Å². The van der Waals surface area contributed by atoms with Crippen LogP contribution in [0, 0.1) is 0 Å². The number of carbonyl (C=O) groups excluding carboxylic acids is 2. The molecule has 10 aromatic carbocycles. The monoisotopic (exact) mass is 1030 g/mol. The minimum Gasteiger partial charge on any atom is -0.485 e. The van der Waals surface area contributed by atoms with E-state index in [1.807, 2.05) is 212 Å². The van der Waals surface area contributed by atoms with Crippen LogP contribution in [0.4, 0.5) is 0 Å². The minimum atomic E-state index is -0.693. The van der Waals surface area contributed by atoms with Gasteiger partial charge in [0.05, 0.1) is 11.1 Å². The van der Waals surface area contributed by atoms with Crippen molar-refractivity contribution in [1.82, 2.24) is 0 Å². The third-order valence-corrected chi connectivity index (χ3v) is 12.4. The van der Waals surface area contributed by atoms with Gasteiger partial charge >= 0.3 is 11.9 Å². The first kappa shape index (κ1) is 51.4. The lowest BCUT2D eigenvalue weighted by atomic mass is 10.0. The highest BCUT2D eigenvalue weighted by atomic mass is 16.6. The van der Waals surface area contributed by atoms with Gasteiger partial charge in [0, 0.05) is 5.56 Å². The Hall–Kier alpha value is -10.1. The van der Waals surface area contributed by atoms with E-state index >= 15 is 0 Å². The summed E-state index contributed by atoms with van der Waals surface area (Å²) < 4.78 is 51.2. The number of esters is 2. The van der Waals surface area contributed by atoms with E-state index in [2.05, 4.69) is 0 Å². The molecule has 0 bridgehead atoms. The zero-order chi connectivity index (χ0) is 53.1. The van der Waals surface area contributed by atoms with Gasteiger partial charge in [-0.2, -0.15) is 0 Å². The average molecular weight is 1030 g/mol. The smallest absolute Gasteiger partial charge is 0.343 e. The van der Waals surface area contributed by atoms with Gasteiger partial charge in [-0.15, -0.1) is 0 Å². The van der Waals surface area contributed by atoms with E-state index < -0.39 is 11.9 Å². The number of benzene rings is 10. The van der Waals surface area contributed by atoms with E-state index in [0.717, 1.165) is 33.4 Å². The molecular weight excluding hydrogens is 977 g/mol. The molecule has 386 valence electrons. The van der Waals surface area contributed by atoms with Crippen molar-refractivity contribution < 1.29 is 47.5 Å². The van der Waals surface area contributed by atoms with Gasteiger partial charge in [0.15, 0.2) is 23.0 Å². The molecule has 0 atom stereocenters. The van der Waals surface area contributed by atoms with Crippen LogP contribution in [0.5, 0.6) is 46.0 Å². The molecule has 0 aliphatic carbocycles. The highest BCUT2D eigenvalue weighted by molar-refractivity contribution is 5.95. The fourth-order valence-electron chi connectivity index (χ4n) is 8.33. The molecule has 0 N–H and O–H groups in total. The van der Waals surface area contributed by atoms with Crippen LogP contribution in [-0.2, 0) is 39.6 Å². The van der Waals surface area contributed by atoms with Crippen molar-refractivity contribution in [2.45, 2.75) is 39.6 Å². The Balaban J connectivity index is 0.966. The van der Waals surface area contributed by atoms with Gasteiger partial charge in [0.25, 0.3) is 0 Å². The van der Waals surface area contributed by atoms with Crippen molar-refractivity contribution in [3.05, 3.63) is 299 Å². The maximum absolute atomic E-state index is 14.6. The standard InChI is InChI=1S/C68H54O10/c69-67(56-38-61(71-43-49-22-8-1-9-23-49)65(75-47-53-30-16-5-17-31-53)62(39-56)72-44-50-24-10-2-11-25-50)77-58-36-37-60(59(42-58)55-34-20-7-21-35-55)78-68(70)57-40-63(73-45-51-26-12-3-13-27-51)66(76-48-54-32-18-6-19-33-54)64(41-57)74-46-52-28-14-4-15-29-52/h1-42H,43-48H2. The Morgan fingerprint density at radius 3 is 0.872 bits per heavy atom. The van der Waals surface area contributed by atoms with Crippen LogP contribution in [0.25, 0.3) is 11.1 Å². The van der Waals surface area contributed by atoms with E-state index in [4.69, 9.17) is 37.9 Å². The molecule has 0 aliphatic rings. The Morgan fingerprint density at radius 1 is 0.269 bits per heavy atom. The third kappa shape index (κ3) is 14.0. The molecule has 10 heteroatoms. The largest absolute Gasteiger partial charge is 0.485 e. The molecule has 0 spiro atoms. The quantitative estimate of drug-likeness (QED) is 0.0454. The fraction of sp³-hybridized carbons (Fsp3) is 0.0882. The highest BCUT2D eigenvalue weighted by Crippen LogP contribution is 2.43. The second-order valence-electron chi connectivity index (χ2n) is 18.1. The highest BCUT2D eigenvalue weighted by Gasteiger charge is 2.25. The third-order valence-electron chi connectivity index (χ3n) is 12.4. The van der Waals surface area contributed by atoms with Crippen molar-refractivity contribution in [3.8, 4) is 57.1 Å². The number of ether oxygens (including phenoxy) is 8. The zero-order valence-corrected chi connectivity index (χ0v) is 42.6. The molecule has 10 nitrogen and oxygen atoms in total. The summed E-state index contributed by atoms with van der Waals surface area (Å²) in [6.45, 7) is 1.19. The van der Waals surface area contributed by atoms with Gasteiger partial charge in [-0.25, -0.2) is 9.59 Å². The van der Waals surface area contributed by atoms with Crippen LogP contribution in [0.1, 0.15) is 54.1 Å². The summed E-state index contributed by atoms with van der Waals surface area (Å²) in [6, 6.07) is 79.0. The Labute approximate surface area is 453 Å². The van der Waals surface area contributed by atoms with Crippen LogP contribution in [0.3, 0.4) is 0 Å². The van der Waals surface area contributed by atoms with Crippen LogP contribution >= 0.6 is 0 Å². The van der Waals surface area contributed by atoms with Gasteiger partial charge in [-0.05, 0) is 81.4 Å². The van der Waals surface area contributed by atoms with Gasteiger partial charge in [0.2, 0.25) is 11.5 Å². The Bertz CT molecular complexity index is 3400. The topological polar surface area (TPSA) is 108 Å². The normalized spacial score (nSPS) is 10.7. The summed E-state index contributed by atoms with van der Waals surface area (Å²) in [7, 11) is 0. The summed E-state index contributed by atoms with van der Waals surface area (Å²) in [5, 5.41) is 0. The minimum absolute atomic E-state index is 0.148. The second-order valence-corrected chi connectivity index (χ2v) is 18.1. The molecule has 0 fully saturated rings. The average Bonchev–Trinajstić information content (AvgIpc) is 3.54. The van der Waals surface area contributed by atoms with Crippen molar-refractivity contribution in [1.29, 1.82) is 0 Å². The maximum atomic E-state index is 14.6. The molecule has 78 heavy (non-hydrogen) atoms. The molecule has 0 aliphatic heterocycles. The lowest BCUT2D eigenvalue weighted by molar-refractivity contribution is 0.0719. The molecule has 0 radical (unpaired) electrons. The molecule has 0 heterocycles. The molecule has 0 amide bonds. The van der Waals surface area contributed by atoms with Gasteiger partial charge in [-0.3, -0.25) is 0 Å². The lowest BCUT2D eigenvalue weighted by Gasteiger charge is -2.19. The van der Waals surface area contributed by atoms with Crippen molar-refractivity contribution in [2.24, 2.45) is 0 Å². The summed E-state index contributed by atoms with van der Waals surface area (Å²) in [4.78, 5) is 29.1. The van der Waals surface area contributed by atoms with E-state index in [-0.39, 0.29) is 85.3 Å². The number of rotatable bonds is 23. The first-order valence-electron chi connectivity index (χ1n) is 25.5. The summed E-state index contributed by atoms with van der Waals surface area (Å²) in [5.41, 5.74) is 7.02. The van der Waals surface area contributed by atoms with Gasteiger partial charge in [-0.1, -0.05) is 212 Å². The molecule has 0 saturated carbocycles. The number of hydrogen-bond donors (Lipinski definition) is 0. The van der Waals surface area contributed by atoms with Crippen LogP contribution in [-0.4, -0.2) is 11.9 Å². The van der Waals surface area contributed by atoms with E-state index in [1.54, 1.807) is 42.5 Å². The van der Waals surface area contributed by atoms with Crippen LogP contribution in [0.2, 0.25) is 0 Å². The molecule has 0 aromatic heterocycles. The molecule has 0 saturated heterocycles. The van der Waals surface area contributed by atoms with E-state index in [1.165, 1.54) is 0 Å². The predicted molar refractivity (Wildman–Crippen MR) is 299 cm³/mol. The molecule has 10 aromatic rings. The molecule has 10 rings (SSSR count).